The summed E-state index contributed by atoms with van der Waals surface area (Å²) in [7, 11) is -3.52. The van der Waals surface area contributed by atoms with Gasteiger partial charge in [0.25, 0.3) is 0 Å². The fraction of sp³-hybridized carbons (Fsp3) is 0.350. The monoisotopic (exact) mass is 406 g/mol. The van der Waals surface area contributed by atoms with Crippen LogP contribution in [0, 0.1) is 0 Å². The average molecular weight is 407 g/mol. The lowest BCUT2D eigenvalue weighted by Gasteiger charge is -2.11. The van der Waals surface area contributed by atoms with Crippen LogP contribution >= 0.6 is 0 Å². The molecule has 2 aromatic rings. The Kier molecular flexibility index (Phi) is 8.13. The van der Waals surface area contributed by atoms with Crippen molar-refractivity contribution < 1.29 is 22.7 Å². The number of ether oxygens (including phenoxy) is 2. The molecule has 1 amide bonds. The van der Waals surface area contributed by atoms with Crippen molar-refractivity contribution in [3.8, 4) is 11.5 Å². The molecule has 0 bridgehead atoms. The Balaban J connectivity index is 1.76. The summed E-state index contributed by atoms with van der Waals surface area (Å²) in [5.41, 5.74) is 1.64. The number of benzene rings is 2. The number of carbonyl (C=O) groups is 1. The Bertz CT molecular complexity index is 849. The van der Waals surface area contributed by atoms with Gasteiger partial charge in [0.15, 0.2) is 0 Å². The smallest absolute Gasteiger partial charge is 0.236 e. The van der Waals surface area contributed by atoms with Gasteiger partial charge >= 0.3 is 0 Å². The van der Waals surface area contributed by atoms with E-state index in [-0.39, 0.29) is 18.3 Å². The van der Waals surface area contributed by atoms with Crippen LogP contribution in [0.2, 0.25) is 0 Å². The molecule has 0 aromatic heterocycles. The maximum absolute atomic E-state index is 12.2. The van der Waals surface area contributed by atoms with E-state index >= 15 is 0 Å². The van der Waals surface area contributed by atoms with Gasteiger partial charge in [0.05, 0.1) is 6.54 Å². The summed E-state index contributed by atoms with van der Waals surface area (Å²) in [6.07, 6.45) is 0.942. The Morgan fingerprint density at radius 1 is 0.929 bits per heavy atom. The van der Waals surface area contributed by atoms with E-state index < -0.39 is 10.0 Å². The van der Waals surface area contributed by atoms with Crippen molar-refractivity contribution in [3.05, 3.63) is 54.1 Å². The molecule has 152 valence electrons. The number of nitrogens with one attached hydrogen (secondary N) is 2. The van der Waals surface area contributed by atoms with Gasteiger partial charge in [-0.05, 0) is 48.4 Å². The van der Waals surface area contributed by atoms with Gasteiger partial charge in [-0.25, -0.2) is 8.42 Å². The number of anilines is 1. The topological polar surface area (TPSA) is 93.7 Å². The molecule has 7 nitrogen and oxygen atoms in total. The average Bonchev–Trinajstić information content (AvgIpc) is 2.66. The second kappa shape index (κ2) is 10.6. The van der Waals surface area contributed by atoms with Gasteiger partial charge < -0.3 is 14.8 Å². The summed E-state index contributed by atoms with van der Waals surface area (Å²) in [5.74, 6) is 0.966. The molecular weight excluding hydrogens is 380 g/mol. The van der Waals surface area contributed by atoms with E-state index in [1.807, 2.05) is 24.3 Å². The van der Waals surface area contributed by atoms with Gasteiger partial charge in [-0.1, -0.05) is 19.1 Å². The van der Waals surface area contributed by atoms with Gasteiger partial charge in [-0.2, -0.15) is 0 Å². The van der Waals surface area contributed by atoms with Crippen molar-refractivity contribution in [2.24, 2.45) is 0 Å². The number of carbonyl (C=O) groups excluding carboxylic acids is 1. The molecule has 0 radical (unpaired) electrons. The zero-order valence-electron chi connectivity index (χ0n) is 16.1. The first-order valence-electron chi connectivity index (χ1n) is 9.07. The van der Waals surface area contributed by atoms with Gasteiger partial charge in [-0.15, -0.1) is 0 Å². The van der Waals surface area contributed by atoms with Gasteiger partial charge in [-0.3, -0.25) is 9.52 Å². The summed E-state index contributed by atoms with van der Waals surface area (Å²) in [4.78, 5) is 10.8. The number of sulfonamides is 1. The minimum absolute atomic E-state index is 0.0607. The first-order chi connectivity index (χ1) is 13.4. The molecule has 2 aromatic carbocycles. The first kappa shape index (κ1) is 21.6. The molecule has 2 N–H and O–H groups in total. The lowest BCUT2D eigenvalue weighted by molar-refractivity contribution is -0.119. The molecule has 0 atom stereocenters. The third-order valence-corrected chi connectivity index (χ3v) is 5.08. The van der Waals surface area contributed by atoms with E-state index in [1.54, 1.807) is 24.3 Å². The van der Waals surface area contributed by atoms with E-state index in [1.165, 1.54) is 12.5 Å². The van der Waals surface area contributed by atoms with Crippen LogP contribution in [0.4, 0.5) is 5.69 Å². The molecule has 0 unspecified atom stereocenters. The number of aryl methyl sites for hydroxylation is 1. The normalized spacial score (nSPS) is 10.9. The third kappa shape index (κ3) is 7.87. The number of hydrogen-bond acceptors (Lipinski definition) is 5. The quantitative estimate of drug-likeness (QED) is 0.560. The fourth-order valence-corrected chi connectivity index (χ4v) is 3.24. The SMILES string of the molecule is CCc1ccc(OCCS(=O)(=O)Nc2ccc(OCCNC(C)=O)cc2)cc1. The van der Waals surface area contributed by atoms with E-state index in [4.69, 9.17) is 9.47 Å². The molecule has 8 heteroatoms. The molecule has 0 aliphatic carbocycles. The third-order valence-electron chi connectivity index (χ3n) is 3.82. The zero-order chi connectivity index (χ0) is 20.4. The fourth-order valence-electron chi connectivity index (χ4n) is 2.34. The first-order valence-corrected chi connectivity index (χ1v) is 10.7. The maximum Gasteiger partial charge on any atom is 0.236 e. The second-order valence-corrected chi connectivity index (χ2v) is 7.96. The molecule has 0 aliphatic rings. The van der Waals surface area contributed by atoms with E-state index in [0.29, 0.717) is 30.3 Å². The van der Waals surface area contributed by atoms with Crippen LogP contribution in [0.1, 0.15) is 19.4 Å². The summed E-state index contributed by atoms with van der Waals surface area (Å²) in [6, 6.07) is 14.2. The number of rotatable bonds is 11. The van der Waals surface area contributed by atoms with Crippen LogP contribution in [0.5, 0.6) is 11.5 Å². The number of hydrogen-bond donors (Lipinski definition) is 2. The lowest BCUT2D eigenvalue weighted by atomic mass is 10.2. The van der Waals surface area contributed by atoms with Crippen molar-refractivity contribution >= 4 is 21.6 Å². The maximum atomic E-state index is 12.2. The minimum Gasteiger partial charge on any atom is -0.492 e. The minimum atomic E-state index is -3.52. The van der Waals surface area contributed by atoms with Crippen molar-refractivity contribution in [2.45, 2.75) is 20.3 Å². The zero-order valence-corrected chi connectivity index (χ0v) is 16.9. The van der Waals surface area contributed by atoms with Crippen LogP contribution in [0.15, 0.2) is 48.5 Å². The van der Waals surface area contributed by atoms with E-state index in [0.717, 1.165) is 6.42 Å². The van der Waals surface area contributed by atoms with Crippen molar-refractivity contribution in [1.29, 1.82) is 0 Å². The molecular formula is C20H26N2O5S. The molecule has 0 saturated heterocycles. The van der Waals surface area contributed by atoms with Crippen molar-refractivity contribution in [3.63, 3.8) is 0 Å². The van der Waals surface area contributed by atoms with Crippen LogP contribution in [-0.4, -0.2) is 39.8 Å². The van der Waals surface area contributed by atoms with E-state index in [9.17, 15) is 13.2 Å². The summed E-state index contributed by atoms with van der Waals surface area (Å²) in [6.45, 7) is 4.31. The predicted octanol–water partition coefficient (Wildman–Crippen LogP) is 2.58. The Morgan fingerprint density at radius 3 is 2.07 bits per heavy atom. The Hall–Kier alpha value is -2.74. The second-order valence-electron chi connectivity index (χ2n) is 6.12. The number of amides is 1. The van der Waals surface area contributed by atoms with Gasteiger partial charge in [0.1, 0.15) is 30.5 Å². The van der Waals surface area contributed by atoms with E-state index in [2.05, 4.69) is 17.0 Å². The standard InChI is InChI=1S/C20H26N2O5S/c1-3-17-4-8-19(9-5-17)27-14-15-28(24,25)22-18-6-10-20(11-7-18)26-13-12-21-16(2)23/h4-11,22H,3,12-15H2,1-2H3,(H,21,23). The van der Waals surface area contributed by atoms with Crippen LogP contribution in [0.3, 0.4) is 0 Å². The summed E-state index contributed by atoms with van der Waals surface area (Å²) < 4.78 is 37.8. The summed E-state index contributed by atoms with van der Waals surface area (Å²) >= 11 is 0. The van der Waals surface area contributed by atoms with Crippen LogP contribution in [-0.2, 0) is 21.2 Å². The lowest BCUT2D eigenvalue weighted by Crippen LogP contribution is -2.25. The van der Waals surface area contributed by atoms with Crippen LogP contribution in [0.25, 0.3) is 0 Å². The predicted molar refractivity (Wildman–Crippen MR) is 109 cm³/mol. The Morgan fingerprint density at radius 2 is 1.50 bits per heavy atom. The highest BCUT2D eigenvalue weighted by atomic mass is 32.2. The highest BCUT2D eigenvalue weighted by molar-refractivity contribution is 7.92. The molecule has 0 heterocycles. The van der Waals surface area contributed by atoms with Crippen molar-refractivity contribution in [1.82, 2.24) is 5.32 Å². The summed E-state index contributed by atoms with van der Waals surface area (Å²) in [5, 5.41) is 2.63. The molecule has 0 fully saturated rings. The highest BCUT2D eigenvalue weighted by Crippen LogP contribution is 2.17. The molecule has 0 aliphatic heterocycles. The molecule has 0 saturated carbocycles. The Labute approximate surface area is 166 Å². The molecule has 0 spiro atoms. The van der Waals surface area contributed by atoms with Crippen LogP contribution < -0.4 is 19.5 Å². The highest BCUT2D eigenvalue weighted by Gasteiger charge is 2.11. The van der Waals surface area contributed by atoms with Gasteiger partial charge in [0.2, 0.25) is 15.9 Å². The van der Waals surface area contributed by atoms with Crippen molar-refractivity contribution in [2.75, 3.05) is 30.2 Å². The molecule has 28 heavy (non-hydrogen) atoms. The largest absolute Gasteiger partial charge is 0.492 e. The molecule has 2 rings (SSSR count). The van der Waals surface area contributed by atoms with Gasteiger partial charge in [0, 0.05) is 12.6 Å².